The fraction of sp³-hybridized carbons (Fsp3) is 0.529. The highest BCUT2D eigenvalue weighted by atomic mass is 79.9. The van der Waals surface area contributed by atoms with Crippen molar-refractivity contribution in [2.45, 2.75) is 32.8 Å². The summed E-state index contributed by atoms with van der Waals surface area (Å²) < 4.78 is 6.46. The van der Waals surface area contributed by atoms with Gasteiger partial charge in [0, 0.05) is 16.1 Å². The molecule has 1 aliphatic heterocycles. The van der Waals surface area contributed by atoms with Gasteiger partial charge < -0.3 is 10.1 Å². The van der Waals surface area contributed by atoms with Gasteiger partial charge in [-0.15, -0.1) is 0 Å². The zero-order chi connectivity index (χ0) is 15.6. The van der Waals surface area contributed by atoms with E-state index in [9.17, 15) is 9.59 Å². The van der Waals surface area contributed by atoms with Crippen molar-refractivity contribution in [3.63, 3.8) is 0 Å². The van der Waals surface area contributed by atoms with Crippen molar-refractivity contribution in [3.05, 3.63) is 27.7 Å². The Kier molecular flexibility index (Phi) is 3.12. The molecule has 4 rings (SSSR count). The fourth-order valence-corrected chi connectivity index (χ4v) is 4.84. The zero-order valence-corrected chi connectivity index (χ0v) is 14.1. The molecule has 2 saturated carbocycles. The molecule has 1 saturated heterocycles. The van der Waals surface area contributed by atoms with Crippen LogP contribution < -0.4 is 5.32 Å². The predicted molar refractivity (Wildman–Crippen MR) is 85.3 cm³/mol. The molecular formula is C17H18BrNO3. The zero-order valence-electron chi connectivity index (χ0n) is 12.6. The number of rotatable bonds is 2. The summed E-state index contributed by atoms with van der Waals surface area (Å²) in [5.74, 6) is -0.0816. The molecule has 0 unspecified atom stereocenters. The number of ether oxygens (including phenoxy) is 1. The highest BCUT2D eigenvalue weighted by Gasteiger charge is 2.63. The molecule has 4 nitrogen and oxygen atoms in total. The van der Waals surface area contributed by atoms with Gasteiger partial charge in [-0.1, -0.05) is 15.9 Å². The average molecular weight is 364 g/mol. The van der Waals surface area contributed by atoms with Crippen LogP contribution >= 0.6 is 15.9 Å². The smallest absolute Gasteiger partial charge is 0.310 e. The third kappa shape index (κ3) is 1.94. The largest absolute Gasteiger partial charge is 0.462 e. The van der Waals surface area contributed by atoms with Crippen molar-refractivity contribution < 1.29 is 14.3 Å². The first-order valence-corrected chi connectivity index (χ1v) is 8.53. The Hall–Kier alpha value is -1.36. The van der Waals surface area contributed by atoms with E-state index < -0.39 is 0 Å². The molecule has 3 aliphatic rings. The molecule has 1 aromatic rings. The Morgan fingerprint density at radius 1 is 1.27 bits per heavy atom. The SMILES string of the molecule is Cc1cc(NC(=O)[C@@H]2[C@@H]3C[C@H]4[C@@H]2C(=O)O[C@@H]4C3)cc(C)c1Br. The summed E-state index contributed by atoms with van der Waals surface area (Å²) in [6, 6.07) is 3.91. The first kappa shape index (κ1) is 14.2. The number of anilines is 1. The molecule has 0 spiro atoms. The van der Waals surface area contributed by atoms with E-state index in [1.165, 1.54) is 0 Å². The Morgan fingerprint density at radius 3 is 2.64 bits per heavy atom. The number of hydrogen-bond donors (Lipinski definition) is 1. The number of nitrogens with one attached hydrogen (secondary N) is 1. The minimum Gasteiger partial charge on any atom is -0.462 e. The summed E-state index contributed by atoms with van der Waals surface area (Å²) in [5.41, 5.74) is 2.97. The van der Waals surface area contributed by atoms with Crippen LogP contribution in [0.4, 0.5) is 5.69 Å². The average Bonchev–Trinajstić information content (AvgIpc) is 3.05. The monoisotopic (exact) mass is 363 g/mol. The van der Waals surface area contributed by atoms with E-state index in [-0.39, 0.29) is 35.7 Å². The number of benzene rings is 1. The van der Waals surface area contributed by atoms with Crippen LogP contribution in [0.2, 0.25) is 0 Å². The van der Waals surface area contributed by atoms with Gasteiger partial charge in [0.2, 0.25) is 5.91 Å². The topological polar surface area (TPSA) is 55.4 Å². The highest BCUT2D eigenvalue weighted by Crippen LogP contribution is 2.57. The molecule has 3 fully saturated rings. The Morgan fingerprint density at radius 2 is 1.95 bits per heavy atom. The van der Waals surface area contributed by atoms with Gasteiger partial charge in [0.1, 0.15) is 6.10 Å². The quantitative estimate of drug-likeness (QED) is 0.820. The standard InChI is InChI=1S/C17H18BrNO3/c1-7-3-10(4-8(2)15(7)18)19-16(20)13-9-5-11-12(6-9)22-17(21)14(11)13/h3-4,9,11-14H,5-6H2,1-2H3,(H,19,20)/t9-,11-,12-,13-,14+/m1/s1. The molecule has 0 radical (unpaired) electrons. The molecule has 5 heteroatoms. The second kappa shape index (κ2) is 4.82. The van der Waals surface area contributed by atoms with Crippen LogP contribution in [0.25, 0.3) is 0 Å². The maximum Gasteiger partial charge on any atom is 0.310 e. The first-order valence-electron chi connectivity index (χ1n) is 7.74. The summed E-state index contributed by atoms with van der Waals surface area (Å²) in [7, 11) is 0. The number of hydrogen-bond acceptors (Lipinski definition) is 3. The Bertz CT molecular complexity index is 661. The Balaban J connectivity index is 1.57. The van der Waals surface area contributed by atoms with E-state index in [1.54, 1.807) is 0 Å². The first-order chi connectivity index (χ1) is 10.5. The van der Waals surface area contributed by atoms with Crippen molar-refractivity contribution in [1.29, 1.82) is 0 Å². The minimum atomic E-state index is -0.222. The van der Waals surface area contributed by atoms with Crippen LogP contribution in [0.5, 0.6) is 0 Å². The van der Waals surface area contributed by atoms with Gasteiger partial charge in [-0.25, -0.2) is 0 Å². The van der Waals surface area contributed by atoms with Crippen molar-refractivity contribution in [1.82, 2.24) is 0 Å². The lowest BCUT2D eigenvalue weighted by Gasteiger charge is -2.23. The van der Waals surface area contributed by atoms with Crippen LogP contribution in [0.3, 0.4) is 0 Å². The van der Waals surface area contributed by atoms with E-state index in [2.05, 4.69) is 21.2 Å². The molecule has 1 amide bonds. The maximum absolute atomic E-state index is 12.7. The van der Waals surface area contributed by atoms with E-state index >= 15 is 0 Å². The second-order valence-electron chi connectivity index (χ2n) is 6.84. The van der Waals surface area contributed by atoms with Gasteiger partial charge >= 0.3 is 5.97 Å². The minimum absolute atomic E-state index is 0.0316. The van der Waals surface area contributed by atoms with Crippen molar-refractivity contribution in [2.75, 3.05) is 5.32 Å². The fourth-order valence-electron chi connectivity index (χ4n) is 4.61. The number of aryl methyl sites for hydroxylation is 2. The molecule has 1 heterocycles. The lowest BCUT2D eigenvalue weighted by molar-refractivity contribution is -0.145. The summed E-state index contributed by atoms with van der Waals surface area (Å²) >= 11 is 3.53. The predicted octanol–water partition coefficient (Wildman–Crippen LogP) is 3.20. The normalized spacial score (nSPS) is 34.9. The molecule has 5 atom stereocenters. The molecule has 2 aliphatic carbocycles. The van der Waals surface area contributed by atoms with E-state index in [0.717, 1.165) is 34.1 Å². The number of esters is 1. The summed E-state index contributed by atoms with van der Waals surface area (Å²) in [4.78, 5) is 24.7. The van der Waals surface area contributed by atoms with Crippen LogP contribution in [-0.2, 0) is 14.3 Å². The van der Waals surface area contributed by atoms with E-state index in [1.807, 2.05) is 26.0 Å². The van der Waals surface area contributed by atoms with Gasteiger partial charge in [0.25, 0.3) is 0 Å². The summed E-state index contributed by atoms with van der Waals surface area (Å²) in [6.45, 7) is 4.01. The van der Waals surface area contributed by atoms with E-state index in [4.69, 9.17) is 4.74 Å². The van der Waals surface area contributed by atoms with Gasteiger partial charge in [-0.05, 0) is 55.9 Å². The third-order valence-electron chi connectivity index (χ3n) is 5.49. The number of carbonyl (C=O) groups excluding carboxylic acids is 2. The molecule has 116 valence electrons. The summed E-state index contributed by atoms with van der Waals surface area (Å²) in [5, 5.41) is 3.01. The van der Waals surface area contributed by atoms with Gasteiger partial charge in [-0.2, -0.15) is 0 Å². The van der Waals surface area contributed by atoms with Crippen LogP contribution in [0, 0.1) is 37.5 Å². The highest BCUT2D eigenvalue weighted by molar-refractivity contribution is 9.10. The van der Waals surface area contributed by atoms with Crippen LogP contribution in [0.1, 0.15) is 24.0 Å². The van der Waals surface area contributed by atoms with Crippen LogP contribution in [-0.4, -0.2) is 18.0 Å². The van der Waals surface area contributed by atoms with Gasteiger partial charge in [0.05, 0.1) is 11.8 Å². The number of halogens is 1. The lowest BCUT2D eigenvalue weighted by Crippen LogP contribution is -2.35. The molecule has 1 N–H and O–H groups in total. The third-order valence-corrected chi connectivity index (χ3v) is 6.74. The summed E-state index contributed by atoms with van der Waals surface area (Å²) in [6.07, 6.45) is 1.88. The molecule has 0 aromatic heterocycles. The maximum atomic E-state index is 12.7. The van der Waals surface area contributed by atoms with Crippen LogP contribution in [0.15, 0.2) is 16.6 Å². The van der Waals surface area contributed by atoms with Gasteiger partial charge in [0.15, 0.2) is 0 Å². The van der Waals surface area contributed by atoms with Crippen molar-refractivity contribution in [2.24, 2.45) is 23.7 Å². The number of fused-ring (bicyclic) bond motifs is 1. The lowest BCUT2D eigenvalue weighted by atomic mass is 9.79. The van der Waals surface area contributed by atoms with Gasteiger partial charge in [-0.3, -0.25) is 9.59 Å². The van der Waals surface area contributed by atoms with E-state index in [0.29, 0.717) is 5.92 Å². The molecule has 2 bridgehead atoms. The number of amides is 1. The Labute approximate surface area is 137 Å². The number of carbonyl (C=O) groups is 2. The van der Waals surface area contributed by atoms with Crippen molar-refractivity contribution >= 4 is 33.5 Å². The second-order valence-corrected chi connectivity index (χ2v) is 7.63. The molecule has 1 aromatic carbocycles. The van der Waals surface area contributed by atoms with Crippen molar-refractivity contribution in [3.8, 4) is 0 Å². The molecular weight excluding hydrogens is 346 g/mol. The molecule has 22 heavy (non-hydrogen) atoms.